The normalized spacial score (nSPS) is 57.9. The van der Waals surface area contributed by atoms with Crippen molar-refractivity contribution in [1.29, 1.82) is 0 Å². The molecule has 0 aromatic heterocycles. The van der Waals surface area contributed by atoms with E-state index in [1.807, 2.05) is 0 Å². The summed E-state index contributed by atoms with van der Waals surface area (Å²) in [7, 11) is 0. The molecule has 3 nitrogen and oxygen atoms in total. The molecule has 3 fully saturated rings. The van der Waals surface area contributed by atoms with Crippen LogP contribution >= 0.6 is 0 Å². The molecule has 2 heterocycles. The van der Waals surface area contributed by atoms with Crippen LogP contribution in [0.5, 0.6) is 0 Å². The quantitative estimate of drug-likeness (QED) is 0.437. The predicted octanol–water partition coefficient (Wildman–Crippen LogP) is -0.00100. The van der Waals surface area contributed by atoms with Gasteiger partial charge in [-0.15, -0.1) is 0 Å². The summed E-state index contributed by atoms with van der Waals surface area (Å²) >= 11 is -0.00326. The van der Waals surface area contributed by atoms with E-state index in [4.69, 9.17) is 14.2 Å². The first-order valence-electron chi connectivity index (χ1n) is 4.81. The molecule has 13 heavy (non-hydrogen) atoms. The topological polar surface area (TPSA) is 31.0 Å². The monoisotopic (exact) mass is 196 g/mol. The number of fused-ring (bicyclic) bond motifs is 3. The van der Waals surface area contributed by atoms with Gasteiger partial charge in [0.2, 0.25) is 0 Å². The fraction of sp³-hybridized carbons (Fsp3) is 0.889. The van der Waals surface area contributed by atoms with Gasteiger partial charge in [0.15, 0.2) is 0 Å². The number of epoxide rings is 1. The van der Waals surface area contributed by atoms with Crippen molar-refractivity contribution in [3.63, 3.8) is 0 Å². The van der Waals surface area contributed by atoms with E-state index in [1.165, 1.54) is 0 Å². The van der Waals surface area contributed by atoms with Crippen LogP contribution < -0.4 is 0 Å². The molecule has 5 atom stereocenters. The first-order chi connectivity index (χ1) is 6.24. The van der Waals surface area contributed by atoms with E-state index in [9.17, 15) is 0 Å². The summed E-state index contributed by atoms with van der Waals surface area (Å²) in [4.78, 5) is 0. The molecule has 3 rings (SSSR count). The standard InChI is InChI=1S/C8H11O3.CH2.Al/c1-8-5(3-9-4-10-8)2-6-7(8)11-6;;/h4-7H,2-3H2,1H3;1H2;/t5?,6-,7-,8+;;/m0../s1. The predicted molar refractivity (Wildman–Crippen MR) is 48.9 cm³/mol. The van der Waals surface area contributed by atoms with Gasteiger partial charge in [-0.1, -0.05) is 0 Å². The zero-order valence-electron chi connectivity index (χ0n) is 7.73. The fourth-order valence-electron chi connectivity index (χ4n) is 2.58. The molecule has 2 unspecified atom stereocenters. The maximum absolute atomic E-state index is 5.93. The van der Waals surface area contributed by atoms with E-state index in [-0.39, 0.29) is 25.5 Å². The van der Waals surface area contributed by atoms with Gasteiger partial charge in [0.1, 0.15) is 0 Å². The summed E-state index contributed by atoms with van der Waals surface area (Å²) in [5, 5.41) is 3.85. The second-order valence-electron chi connectivity index (χ2n) is 4.27. The van der Waals surface area contributed by atoms with Crippen molar-refractivity contribution in [2.45, 2.75) is 36.3 Å². The van der Waals surface area contributed by atoms with E-state index in [0.717, 1.165) is 13.0 Å². The van der Waals surface area contributed by atoms with Crippen LogP contribution in [0.4, 0.5) is 0 Å². The second kappa shape index (κ2) is 2.65. The Morgan fingerprint density at radius 3 is 3.15 bits per heavy atom. The van der Waals surface area contributed by atoms with Crippen LogP contribution in [0.1, 0.15) is 13.3 Å². The van der Waals surface area contributed by atoms with Gasteiger partial charge in [-0.3, -0.25) is 0 Å². The molecule has 0 bridgehead atoms. The Balaban J connectivity index is 1.84. The van der Waals surface area contributed by atoms with Crippen LogP contribution in [-0.4, -0.2) is 49.7 Å². The van der Waals surface area contributed by atoms with Crippen LogP contribution in [0.15, 0.2) is 0 Å². The molecule has 3 aliphatic rings. The van der Waals surface area contributed by atoms with Gasteiger partial charge in [0.25, 0.3) is 0 Å². The third-order valence-electron chi connectivity index (χ3n) is 3.50. The van der Waals surface area contributed by atoms with Gasteiger partial charge in [0.05, 0.1) is 0 Å². The van der Waals surface area contributed by atoms with Crippen molar-refractivity contribution in [2.24, 2.45) is 5.92 Å². The van der Waals surface area contributed by atoms with Crippen LogP contribution in [0.3, 0.4) is 0 Å². The summed E-state index contributed by atoms with van der Waals surface area (Å²) < 4.78 is 17.0. The van der Waals surface area contributed by atoms with Gasteiger partial charge in [0, 0.05) is 0 Å². The first-order valence-corrected chi connectivity index (χ1v) is 6.30. The number of hydrogen-bond acceptors (Lipinski definition) is 3. The summed E-state index contributed by atoms with van der Waals surface area (Å²) in [6, 6.07) is 0. The van der Waals surface area contributed by atoms with E-state index < -0.39 is 0 Å². The average molecular weight is 196 g/mol. The summed E-state index contributed by atoms with van der Waals surface area (Å²) in [6.45, 7) is 3.00. The molecule has 0 amide bonds. The minimum absolute atomic E-state index is 0.00326. The Morgan fingerprint density at radius 1 is 1.54 bits per heavy atom. The molecule has 0 N–H and O–H groups in total. The summed E-state index contributed by atoms with van der Waals surface area (Å²) in [6.07, 6.45) is 1.91. The molecule has 0 aromatic rings. The Kier molecular flexibility index (Phi) is 1.75. The molecule has 4 heteroatoms. The molecule has 0 radical (unpaired) electrons. The molecule has 2 saturated heterocycles. The molecule has 1 saturated carbocycles. The van der Waals surface area contributed by atoms with Gasteiger partial charge >= 0.3 is 83.2 Å². The third-order valence-corrected chi connectivity index (χ3v) is 4.21. The Bertz CT molecular complexity index is 257. The van der Waals surface area contributed by atoms with Crippen molar-refractivity contribution < 1.29 is 14.2 Å². The second-order valence-corrected chi connectivity index (χ2v) is 5.28. The third kappa shape index (κ3) is 1.10. The molecule has 1 aliphatic carbocycles. The number of hydrogen-bond donors (Lipinski definition) is 0. The summed E-state index contributed by atoms with van der Waals surface area (Å²) in [5.41, 5.74) is -0.0712. The van der Waals surface area contributed by atoms with Crippen molar-refractivity contribution in [1.82, 2.24) is 0 Å². The van der Waals surface area contributed by atoms with Gasteiger partial charge in [-0.25, -0.2) is 0 Å². The first kappa shape index (κ1) is 8.58. The van der Waals surface area contributed by atoms with Gasteiger partial charge < -0.3 is 0 Å². The van der Waals surface area contributed by atoms with E-state index in [0.29, 0.717) is 18.1 Å². The van der Waals surface area contributed by atoms with Crippen molar-refractivity contribution in [2.75, 3.05) is 6.61 Å². The molecule has 0 aromatic carbocycles. The van der Waals surface area contributed by atoms with Crippen molar-refractivity contribution in [3.8, 4) is 0 Å². The Morgan fingerprint density at radius 2 is 2.38 bits per heavy atom. The Hall–Kier alpha value is 0.282. The molecule has 2 aliphatic heterocycles. The zero-order valence-corrected chi connectivity index (χ0v) is 8.89. The Labute approximate surface area is 83.6 Å². The number of rotatable bonds is 1. The molecular formula is C9H13AlO3. The van der Waals surface area contributed by atoms with Crippen LogP contribution in [-0.2, 0) is 14.2 Å². The maximum atomic E-state index is 5.93. The van der Waals surface area contributed by atoms with Crippen LogP contribution in [0.2, 0.25) is 0 Å². The fourth-order valence-corrected chi connectivity index (χ4v) is 3.22. The van der Waals surface area contributed by atoms with E-state index in [2.05, 4.69) is 12.3 Å². The SMILES string of the molecule is [CH2]=[Al][CH]1OCC2C[C@@H]3O[C@@H]3[C@]2(C)O1. The van der Waals surface area contributed by atoms with Gasteiger partial charge in [-0.2, -0.15) is 0 Å². The average Bonchev–Trinajstić information content (AvgIpc) is 2.84. The molecule has 0 spiro atoms. The van der Waals surface area contributed by atoms with Gasteiger partial charge in [-0.05, 0) is 0 Å². The van der Waals surface area contributed by atoms with Crippen molar-refractivity contribution in [3.05, 3.63) is 0 Å². The summed E-state index contributed by atoms with van der Waals surface area (Å²) in [5.74, 6) is 0.540. The molecular weight excluding hydrogens is 183 g/mol. The van der Waals surface area contributed by atoms with Crippen LogP contribution in [0.25, 0.3) is 0 Å². The molecule has 70 valence electrons. The zero-order chi connectivity index (χ0) is 9.05. The minimum atomic E-state index is -0.0712. The van der Waals surface area contributed by atoms with Crippen LogP contribution in [0, 0.1) is 5.92 Å². The van der Waals surface area contributed by atoms with E-state index in [1.54, 1.807) is 0 Å². The van der Waals surface area contributed by atoms with E-state index >= 15 is 0 Å². The number of ether oxygens (including phenoxy) is 3. The van der Waals surface area contributed by atoms with Crippen molar-refractivity contribution >= 4 is 20.2 Å².